The minimum Gasteiger partial charge on any atom is -0.459 e. The van der Waals surface area contributed by atoms with Crippen molar-refractivity contribution in [3.8, 4) is 11.5 Å². The molecule has 1 atom stereocenters. The van der Waals surface area contributed by atoms with Crippen molar-refractivity contribution in [1.29, 1.82) is 0 Å². The minimum atomic E-state index is -0.689. The van der Waals surface area contributed by atoms with Gasteiger partial charge in [0.15, 0.2) is 0 Å². The third-order valence-corrected chi connectivity index (χ3v) is 2.53. The number of halogens is 1. The van der Waals surface area contributed by atoms with Crippen LogP contribution in [0.5, 0.6) is 0 Å². The molecule has 0 saturated carbocycles. The SMILES string of the molecule is C[C@H](C(=O)OC(C)(C)C)c1nc(-c2ccc(F)cn2)no1. The van der Waals surface area contributed by atoms with Gasteiger partial charge < -0.3 is 9.26 Å². The molecule has 7 heteroatoms. The highest BCUT2D eigenvalue weighted by atomic mass is 19.1. The smallest absolute Gasteiger partial charge is 0.318 e. The van der Waals surface area contributed by atoms with Gasteiger partial charge in [-0.2, -0.15) is 4.98 Å². The van der Waals surface area contributed by atoms with Gasteiger partial charge in [-0.15, -0.1) is 0 Å². The number of hydrogen-bond donors (Lipinski definition) is 0. The van der Waals surface area contributed by atoms with E-state index in [2.05, 4.69) is 15.1 Å². The molecule has 2 heterocycles. The Morgan fingerprint density at radius 2 is 2.10 bits per heavy atom. The summed E-state index contributed by atoms with van der Waals surface area (Å²) in [6.45, 7) is 6.95. The Kier molecular flexibility index (Phi) is 4.02. The van der Waals surface area contributed by atoms with Crippen molar-refractivity contribution in [2.75, 3.05) is 0 Å². The first-order valence-electron chi connectivity index (χ1n) is 6.44. The Balaban J connectivity index is 2.16. The van der Waals surface area contributed by atoms with Crippen LogP contribution in [0, 0.1) is 5.82 Å². The van der Waals surface area contributed by atoms with E-state index < -0.39 is 23.3 Å². The van der Waals surface area contributed by atoms with Gasteiger partial charge in [0.25, 0.3) is 0 Å². The Morgan fingerprint density at radius 3 is 2.67 bits per heavy atom. The first-order chi connectivity index (χ1) is 9.76. The average Bonchev–Trinajstić information content (AvgIpc) is 2.86. The molecule has 0 unspecified atom stereocenters. The molecule has 21 heavy (non-hydrogen) atoms. The third-order valence-electron chi connectivity index (χ3n) is 2.53. The average molecular weight is 293 g/mol. The molecule has 0 aliphatic heterocycles. The van der Waals surface area contributed by atoms with E-state index in [0.717, 1.165) is 6.20 Å². The molecular formula is C14H16FN3O3. The highest BCUT2D eigenvalue weighted by molar-refractivity contribution is 5.76. The van der Waals surface area contributed by atoms with E-state index in [0.29, 0.717) is 5.69 Å². The van der Waals surface area contributed by atoms with Crippen LogP contribution in [0.15, 0.2) is 22.9 Å². The maximum Gasteiger partial charge on any atom is 0.318 e. The standard InChI is InChI=1S/C14H16FN3O3/c1-8(13(19)20-14(2,3)4)12-17-11(18-21-12)10-6-5-9(15)7-16-10/h5-8H,1-4H3/t8-/m0/s1. The van der Waals surface area contributed by atoms with E-state index >= 15 is 0 Å². The van der Waals surface area contributed by atoms with Crippen LogP contribution >= 0.6 is 0 Å². The number of ether oxygens (including phenoxy) is 1. The van der Waals surface area contributed by atoms with Crippen LogP contribution in [0.25, 0.3) is 11.5 Å². The van der Waals surface area contributed by atoms with Crippen molar-refractivity contribution in [2.45, 2.75) is 39.2 Å². The first-order valence-corrected chi connectivity index (χ1v) is 6.44. The summed E-state index contributed by atoms with van der Waals surface area (Å²) in [5, 5.41) is 3.74. The number of rotatable bonds is 3. The first kappa shape index (κ1) is 15.1. The third kappa shape index (κ3) is 3.84. The van der Waals surface area contributed by atoms with Gasteiger partial charge in [-0.1, -0.05) is 5.16 Å². The van der Waals surface area contributed by atoms with Gasteiger partial charge in [-0.3, -0.25) is 4.79 Å². The molecule has 0 N–H and O–H groups in total. The molecule has 2 aromatic rings. The van der Waals surface area contributed by atoms with Crippen molar-refractivity contribution in [3.05, 3.63) is 30.0 Å². The zero-order valence-electron chi connectivity index (χ0n) is 12.3. The van der Waals surface area contributed by atoms with Crippen LogP contribution in [-0.2, 0) is 9.53 Å². The molecule has 112 valence electrons. The fourth-order valence-electron chi connectivity index (χ4n) is 1.51. The maximum atomic E-state index is 12.8. The lowest BCUT2D eigenvalue weighted by molar-refractivity contribution is -0.156. The summed E-state index contributed by atoms with van der Waals surface area (Å²) < 4.78 is 23.1. The largest absolute Gasteiger partial charge is 0.459 e. The number of aromatic nitrogens is 3. The zero-order valence-corrected chi connectivity index (χ0v) is 12.3. The molecular weight excluding hydrogens is 277 g/mol. The number of nitrogens with zero attached hydrogens (tertiary/aromatic N) is 3. The van der Waals surface area contributed by atoms with Crippen molar-refractivity contribution < 1.29 is 18.4 Å². The molecule has 0 bridgehead atoms. The summed E-state index contributed by atoms with van der Waals surface area (Å²) in [6.07, 6.45) is 1.06. The molecule has 0 aromatic carbocycles. The Morgan fingerprint density at radius 1 is 1.38 bits per heavy atom. The van der Waals surface area contributed by atoms with Gasteiger partial charge in [0.05, 0.1) is 6.20 Å². The summed E-state index contributed by atoms with van der Waals surface area (Å²) in [6, 6.07) is 2.68. The maximum absolute atomic E-state index is 12.8. The van der Waals surface area contributed by atoms with Crippen LogP contribution in [0.3, 0.4) is 0 Å². The number of pyridine rings is 1. The second-order valence-electron chi connectivity index (χ2n) is 5.57. The predicted octanol–water partition coefficient (Wildman–Crippen LogP) is 2.72. The quantitative estimate of drug-likeness (QED) is 0.810. The molecule has 0 fully saturated rings. The fourth-order valence-corrected chi connectivity index (χ4v) is 1.51. The number of hydrogen-bond acceptors (Lipinski definition) is 6. The molecule has 2 rings (SSSR count). The molecule has 0 saturated heterocycles. The second kappa shape index (κ2) is 5.59. The highest BCUT2D eigenvalue weighted by Crippen LogP contribution is 2.21. The van der Waals surface area contributed by atoms with E-state index in [1.807, 2.05) is 0 Å². The number of carbonyl (C=O) groups is 1. The van der Waals surface area contributed by atoms with Gasteiger partial charge in [0.1, 0.15) is 23.0 Å². The van der Waals surface area contributed by atoms with E-state index in [1.165, 1.54) is 12.1 Å². The summed E-state index contributed by atoms with van der Waals surface area (Å²) in [4.78, 5) is 19.9. The van der Waals surface area contributed by atoms with Crippen LogP contribution in [0.1, 0.15) is 39.5 Å². The molecule has 0 spiro atoms. The molecule has 0 amide bonds. The van der Waals surface area contributed by atoms with Crippen molar-refractivity contribution in [2.24, 2.45) is 0 Å². The lowest BCUT2D eigenvalue weighted by atomic mass is 10.1. The molecule has 0 aliphatic rings. The lowest BCUT2D eigenvalue weighted by Gasteiger charge is -2.20. The second-order valence-corrected chi connectivity index (χ2v) is 5.57. The van der Waals surface area contributed by atoms with Crippen LogP contribution in [0.4, 0.5) is 4.39 Å². The van der Waals surface area contributed by atoms with Gasteiger partial charge in [-0.05, 0) is 39.8 Å². The van der Waals surface area contributed by atoms with Crippen molar-refractivity contribution >= 4 is 5.97 Å². The van der Waals surface area contributed by atoms with Gasteiger partial charge in [0, 0.05) is 0 Å². The van der Waals surface area contributed by atoms with E-state index in [9.17, 15) is 9.18 Å². The molecule has 0 aliphatic carbocycles. The van der Waals surface area contributed by atoms with Crippen LogP contribution < -0.4 is 0 Å². The summed E-state index contributed by atoms with van der Waals surface area (Å²) >= 11 is 0. The minimum absolute atomic E-state index is 0.130. The van der Waals surface area contributed by atoms with Crippen LogP contribution in [0.2, 0.25) is 0 Å². The van der Waals surface area contributed by atoms with Crippen LogP contribution in [-0.4, -0.2) is 26.7 Å². The Labute approximate surface area is 121 Å². The molecule has 0 radical (unpaired) electrons. The Hall–Kier alpha value is -2.31. The topological polar surface area (TPSA) is 78.1 Å². The van der Waals surface area contributed by atoms with E-state index in [-0.39, 0.29) is 11.7 Å². The summed E-state index contributed by atoms with van der Waals surface area (Å²) in [5.41, 5.74) is -0.227. The van der Waals surface area contributed by atoms with E-state index in [4.69, 9.17) is 9.26 Å². The summed E-state index contributed by atoms with van der Waals surface area (Å²) in [7, 11) is 0. The highest BCUT2D eigenvalue weighted by Gasteiger charge is 2.27. The van der Waals surface area contributed by atoms with Gasteiger partial charge in [0.2, 0.25) is 11.7 Å². The normalized spacial score (nSPS) is 13.0. The van der Waals surface area contributed by atoms with Gasteiger partial charge >= 0.3 is 5.97 Å². The number of carbonyl (C=O) groups excluding carboxylic acids is 1. The fraction of sp³-hybridized carbons (Fsp3) is 0.429. The van der Waals surface area contributed by atoms with Crippen molar-refractivity contribution in [1.82, 2.24) is 15.1 Å². The Bertz CT molecular complexity index is 632. The zero-order chi connectivity index (χ0) is 15.6. The predicted molar refractivity (Wildman–Crippen MR) is 71.7 cm³/mol. The summed E-state index contributed by atoms with van der Waals surface area (Å²) in [5.74, 6) is -1.27. The monoisotopic (exact) mass is 293 g/mol. The van der Waals surface area contributed by atoms with E-state index in [1.54, 1.807) is 27.7 Å². The van der Waals surface area contributed by atoms with Gasteiger partial charge in [-0.25, -0.2) is 9.37 Å². The molecule has 2 aromatic heterocycles. The van der Waals surface area contributed by atoms with Crippen molar-refractivity contribution in [3.63, 3.8) is 0 Å². The number of esters is 1. The lowest BCUT2D eigenvalue weighted by Crippen LogP contribution is -2.26. The molecule has 6 nitrogen and oxygen atoms in total.